The number of carboxylic acid groups (broad SMARTS) is 1. The van der Waals surface area contributed by atoms with Crippen molar-refractivity contribution in [2.75, 3.05) is 37.7 Å². The summed E-state index contributed by atoms with van der Waals surface area (Å²) >= 11 is 0.808. The van der Waals surface area contributed by atoms with E-state index in [1.165, 1.54) is 6.08 Å². The maximum absolute atomic E-state index is 15.0. The van der Waals surface area contributed by atoms with E-state index < -0.39 is 216 Å². The van der Waals surface area contributed by atoms with Gasteiger partial charge in [-0.05, 0) is 92.6 Å². The van der Waals surface area contributed by atoms with Gasteiger partial charge in [-0.15, -0.1) is 18.3 Å². The van der Waals surface area contributed by atoms with Gasteiger partial charge in [-0.25, -0.2) is 0 Å². The monoisotopic (exact) mass is 1660 g/mol. The molecule has 1 unspecified atom stereocenters. The van der Waals surface area contributed by atoms with Crippen LogP contribution in [-0.2, 0) is 84.8 Å². The largest absolute Gasteiger partial charge is 0.481 e. The summed E-state index contributed by atoms with van der Waals surface area (Å²) in [4.78, 5) is 228. The number of carbonyl (C=O) groups excluding carboxylic acids is 14. The molecule has 1 aliphatic heterocycles. The number of aliphatic carboxylic acids is 1. The van der Waals surface area contributed by atoms with Gasteiger partial charge in [-0.2, -0.15) is 0 Å². The third kappa shape index (κ3) is 37.3. The highest BCUT2D eigenvalue weighted by Crippen LogP contribution is 2.19. The lowest BCUT2D eigenvalue weighted by molar-refractivity contribution is -0.139. The van der Waals surface area contributed by atoms with E-state index >= 15 is 0 Å². The molecule has 0 radical (unpaired) electrons. The minimum absolute atomic E-state index is 0.00532. The van der Waals surface area contributed by atoms with Gasteiger partial charge in [-0.3, -0.25) is 86.9 Å². The maximum atomic E-state index is 15.0. The zero-order valence-corrected chi connectivity index (χ0v) is 69.0. The van der Waals surface area contributed by atoms with Gasteiger partial charge in [0.15, 0.2) is 17.9 Å². The van der Waals surface area contributed by atoms with Crippen molar-refractivity contribution in [2.24, 2.45) is 84.7 Å². The van der Waals surface area contributed by atoms with E-state index in [1.807, 2.05) is 0 Å². The lowest BCUT2D eigenvalue weighted by Crippen LogP contribution is -2.62. The predicted molar refractivity (Wildman–Crippen MR) is 442 cm³/mol. The Balaban J connectivity index is 2.42. The number of nitrogens with two attached hydrogens (primary N) is 7. The third-order valence-electron chi connectivity index (χ3n) is 18.9. The second kappa shape index (κ2) is 52.1. The van der Waals surface area contributed by atoms with Crippen molar-refractivity contribution >= 4 is 118 Å². The molecule has 1 aliphatic rings. The normalized spacial score (nSPS) is 23.3. The summed E-state index contributed by atoms with van der Waals surface area (Å²) in [7, 11) is 0. The van der Waals surface area contributed by atoms with Crippen molar-refractivity contribution < 1.29 is 77.0 Å². The number of rotatable bonds is 31. The van der Waals surface area contributed by atoms with Crippen LogP contribution in [0.15, 0.2) is 88.3 Å². The Morgan fingerprint density at radius 3 is 1.25 bits per heavy atom. The minimum Gasteiger partial charge on any atom is -0.481 e. The molecule has 0 saturated carbocycles. The van der Waals surface area contributed by atoms with Crippen molar-refractivity contribution in [3.05, 3.63) is 84.4 Å². The molecule has 39 nitrogen and oxygen atoms in total. The van der Waals surface area contributed by atoms with Crippen LogP contribution in [0.3, 0.4) is 0 Å². The first-order chi connectivity index (χ1) is 55.3. The van der Waals surface area contributed by atoms with E-state index in [9.17, 15) is 77.0 Å². The Kier molecular flexibility index (Phi) is 44.3. The number of aliphatic imine (C=N–C) groups is 3. The molecule has 0 spiro atoms. The summed E-state index contributed by atoms with van der Waals surface area (Å²) in [6.07, 6.45) is -0.534. The SMILES string of the molecule is C=C[C@@H](CC)[C@@H]1NC(=O)[C@H](CC(C)C)NC(=O)C(Cc2ccccc2)NC(=O)CSC[C@@H](C(=O)NCC(N)=O)NC(=O)[C@H](CCCN=C(N)N)NC(=O)[C@H](Cc2ccccc2)NC(=O)[C@H](C(C)C)NC(=O)[C@H](CCCN=C(N)N)NC(=O)[C@H](CCC(=O)O)NC(=O)[C@H](CCCN=C(N)N)NC(=O)[C@H]([C@@H](C)CC)NC(=O)[C@H](C(C)C)NC1=O. The first-order valence-corrected chi connectivity index (χ1v) is 40.3. The second-order valence-electron chi connectivity index (χ2n) is 29.7. The number of nitrogens with one attached hydrogen (secondary N) is 13. The molecule has 1 saturated heterocycles. The average Bonchev–Trinajstić information content (AvgIpc) is 0.843. The van der Waals surface area contributed by atoms with E-state index in [0.717, 1.165) is 11.8 Å². The molecule has 3 rings (SSSR count). The topological polar surface area (TPSA) is 652 Å². The quantitative estimate of drug-likeness (QED) is 0.0149. The molecule has 1 heterocycles. The van der Waals surface area contributed by atoms with Crippen LogP contribution in [0, 0.1) is 29.6 Å². The van der Waals surface area contributed by atoms with Gasteiger partial charge < -0.3 is 114 Å². The zero-order valence-electron chi connectivity index (χ0n) is 68.2. The number of primary amides is 1. The van der Waals surface area contributed by atoms with Gasteiger partial charge in [0, 0.05) is 50.6 Å². The van der Waals surface area contributed by atoms with Crippen molar-refractivity contribution in [1.82, 2.24) is 69.1 Å². The van der Waals surface area contributed by atoms with Gasteiger partial charge in [0.25, 0.3) is 0 Å². The summed E-state index contributed by atoms with van der Waals surface area (Å²) in [6.45, 7) is 17.9. The Hall–Kier alpha value is -11.6. The third-order valence-corrected chi connectivity index (χ3v) is 19.9. The average molecular weight is 1660 g/mol. The Morgan fingerprint density at radius 2 is 0.829 bits per heavy atom. The first kappa shape index (κ1) is 99.6. The van der Waals surface area contributed by atoms with Crippen LogP contribution in [0.4, 0.5) is 0 Å². The van der Waals surface area contributed by atoms with Crippen LogP contribution in [0.2, 0.25) is 0 Å². The predicted octanol–water partition coefficient (Wildman–Crippen LogP) is -3.72. The number of thioether (sulfide) groups is 1. The van der Waals surface area contributed by atoms with Crippen LogP contribution >= 0.6 is 11.8 Å². The molecule has 117 heavy (non-hydrogen) atoms. The molecule has 0 aromatic heterocycles. The molecule has 2 aromatic rings. The fraction of sp³-hybridized carbons (Fsp3) is 0.584. The Morgan fingerprint density at radius 1 is 0.470 bits per heavy atom. The molecule has 28 N–H and O–H groups in total. The highest BCUT2D eigenvalue weighted by Gasteiger charge is 2.40. The van der Waals surface area contributed by atoms with Crippen LogP contribution in [0.25, 0.3) is 0 Å². The molecule has 40 heteroatoms. The molecular formula is C77H123N23O16S. The highest BCUT2D eigenvalue weighted by atomic mass is 32.2. The van der Waals surface area contributed by atoms with Gasteiger partial charge in [-0.1, -0.05) is 135 Å². The molecular weight excluding hydrogens is 1540 g/mol. The van der Waals surface area contributed by atoms with Gasteiger partial charge in [0.1, 0.15) is 72.5 Å². The molecule has 1 fully saturated rings. The van der Waals surface area contributed by atoms with Gasteiger partial charge in [0.05, 0.1) is 12.3 Å². The minimum atomic E-state index is -1.78. The zero-order chi connectivity index (χ0) is 87.6. The number of hydrogen-bond acceptors (Lipinski definition) is 19. The van der Waals surface area contributed by atoms with E-state index in [0.29, 0.717) is 11.1 Å². The summed E-state index contributed by atoms with van der Waals surface area (Å²) in [6, 6.07) is -1.45. The van der Waals surface area contributed by atoms with E-state index in [-0.39, 0.29) is 114 Å². The fourth-order valence-corrected chi connectivity index (χ4v) is 13.1. The van der Waals surface area contributed by atoms with Crippen LogP contribution in [0.5, 0.6) is 0 Å². The number of carbonyl (C=O) groups is 15. The van der Waals surface area contributed by atoms with Crippen LogP contribution < -0.4 is 109 Å². The first-order valence-electron chi connectivity index (χ1n) is 39.1. The number of carboxylic acids is 1. The fourth-order valence-electron chi connectivity index (χ4n) is 12.2. The summed E-state index contributed by atoms with van der Waals surface area (Å²) < 4.78 is 0. The van der Waals surface area contributed by atoms with E-state index in [4.69, 9.17) is 40.1 Å². The van der Waals surface area contributed by atoms with Crippen molar-refractivity contribution in [3.8, 4) is 0 Å². The molecule has 0 aliphatic carbocycles. The smallest absolute Gasteiger partial charge is 0.303 e. The number of guanidine groups is 3. The lowest BCUT2D eigenvalue weighted by atomic mass is 9.93. The molecule has 0 bridgehead atoms. The Bertz CT molecular complexity index is 3770. The molecule has 14 amide bonds. The summed E-state index contributed by atoms with van der Waals surface area (Å²) in [5.41, 5.74) is 40.2. The number of nitrogens with zero attached hydrogens (tertiary/aromatic N) is 3. The second-order valence-corrected chi connectivity index (χ2v) is 30.7. The number of amides is 14. The highest BCUT2D eigenvalue weighted by molar-refractivity contribution is 8.00. The van der Waals surface area contributed by atoms with E-state index in [2.05, 4.69) is 90.7 Å². The summed E-state index contributed by atoms with van der Waals surface area (Å²) in [5, 5.41) is 44.5. The van der Waals surface area contributed by atoms with Crippen molar-refractivity contribution in [1.29, 1.82) is 0 Å². The van der Waals surface area contributed by atoms with Gasteiger partial charge >= 0.3 is 5.97 Å². The van der Waals surface area contributed by atoms with E-state index in [1.54, 1.807) is 123 Å². The molecule has 14 atom stereocenters. The maximum Gasteiger partial charge on any atom is 0.303 e. The van der Waals surface area contributed by atoms with Crippen molar-refractivity contribution in [2.45, 2.75) is 218 Å². The lowest BCUT2D eigenvalue weighted by Gasteiger charge is -2.32. The van der Waals surface area contributed by atoms with Crippen LogP contribution in [0.1, 0.15) is 144 Å². The molecule has 2 aromatic carbocycles. The molecule has 648 valence electrons. The number of hydrogen-bond donors (Lipinski definition) is 21. The Labute approximate surface area is 686 Å². The van der Waals surface area contributed by atoms with Crippen LogP contribution in [-0.4, -0.2) is 222 Å². The van der Waals surface area contributed by atoms with Gasteiger partial charge in [0.2, 0.25) is 82.7 Å². The van der Waals surface area contributed by atoms with Crippen molar-refractivity contribution in [3.63, 3.8) is 0 Å². The standard InChI is InChI=1S/C77H123N23O16S/c1-11-44(10)61-73(115)93-49(28-21-33-86-76(81)82)64(106)92-51(30-31-58(103)104)66(108)90-50(29-22-34-87-77(83)84)67(109)97-59(42(6)7)71(113)95-54(37-46-25-18-15-19-26-46)69(111)91-48(27-20-32-85-75(79)80)65(107)96-55(63(105)88-38-56(78)101)39-117-40-57(102)89-53(36-45-23-16-14-17-24-45)68(110)94-52(35-41(4)5)70(112)100-62(47(12-2)13-3)74(116)98-60(43(8)9)72(114)99-61/h12,14-19,23-26,41-44,47-55,59-62H,2,11,13,20-22,27-40H2,1,3-10H3,(H2,78,101)(H,88,105)(H,89,102)(H,90,108)(H,91,111)(H,92,106)(H,93,115)(H,94,110)(H,95,113)(H,96,107)(H,97,109)(H,98,116)(H,99,114)(H,100,112)(H,103,104)(H4,79,80,85)(H4,81,82,86)(H4,83,84,87)/t44-,47-,48-,49-,50-,51-,52-,53?,54-,55-,59-,60-,61-,62-/m0/s1. The number of benzene rings is 2. The summed E-state index contributed by atoms with van der Waals surface area (Å²) in [5.74, 6) is -19.6.